The average Bonchev–Trinajstić information content (AvgIpc) is 2.37. The molecule has 0 bridgehead atoms. The van der Waals surface area contributed by atoms with Gasteiger partial charge in [0.2, 0.25) is 5.91 Å². The Hall–Kier alpha value is -1.36. The number of hydrogen-bond acceptors (Lipinski definition) is 3. The molecule has 1 atom stereocenters. The highest BCUT2D eigenvalue weighted by Crippen LogP contribution is 2.12. The third-order valence-corrected chi connectivity index (χ3v) is 5.11. The lowest BCUT2D eigenvalue weighted by Crippen LogP contribution is -2.39. The number of carbonyl (C=O) groups is 1. The Morgan fingerprint density at radius 2 is 1.70 bits per heavy atom. The Bertz CT molecular complexity index is 547. The molecule has 0 aliphatic rings. The van der Waals surface area contributed by atoms with Gasteiger partial charge in [-0.15, -0.1) is 0 Å². The molecule has 0 saturated carbocycles. The van der Waals surface area contributed by atoms with Crippen LogP contribution in [0.4, 0.5) is 0 Å². The van der Waals surface area contributed by atoms with Gasteiger partial charge in [-0.25, -0.2) is 8.42 Å². The minimum Gasteiger partial charge on any atom is -0.355 e. The van der Waals surface area contributed by atoms with E-state index >= 15 is 0 Å². The van der Waals surface area contributed by atoms with Gasteiger partial charge < -0.3 is 5.32 Å². The molecule has 1 N–H and O–H groups in total. The van der Waals surface area contributed by atoms with Crippen molar-refractivity contribution in [3.8, 4) is 0 Å². The number of aryl methyl sites for hydroxylation is 1. The number of carbonyl (C=O) groups excluding carboxylic acids is 1. The van der Waals surface area contributed by atoms with Gasteiger partial charge in [-0.2, -0.15) is 0 Å². The zero-order valence-electron chi connectivity index (χ0n) is 12.5. The van der Waals surface area contributed by atoms with E-state index in [1.165, 1.54) is 6.92 Å². The summed E-state index contributed by atoms with van der Waals surface area (Å²) >= 11 is 0. The monoisotopic (exact) mass is 297 g/mol. The first kappa shape index (κ1) is 16.7. The van der Waals surface area contributed by atoms with Crippen molar-refractivity contribution in [3.63, 3.8) is 0 Å². The van der Waals surface area contributed by atoms with Crippen LogP contribution in [0, 0.1) is 12.8 Å². The van der Waals surface area contributed by atoms with Crippen LogP contribution in [0.25, 0.3) is 0 Å². The van der Waals surface area contributed by atoms with Crippen LogP contribution in [0.15, 0.2) is 24.3 Å². The van der Waals surface area contributed by atoms with Crippen LogP contribution in [-0.4, -0.2) is 26.1 Å². The Kier molecular flexibility index (Phi) is 5.74. The first-order chi connectivity index (χ1) is 9.22. The summed E-state index contributed by atoms with van der Waals surface area (Å²) in [6.45, 7) is 7.81. The second-order valence-corrected chi connectivity index (χ2v) is 7.90. The van der Waals surface area contributed by atoms with Crippen molar-refractivity contribution in [3.05, 3.63) is 35.4 Å². The van der Waals surface area contributed by atoms with Crippen LogP contribution >= 0.6 is 0 Å². The van der Waals surface area contributed by atoms with E-state index in [4.69, 9.17) is 0 Å². The summed E-state index contributed by atoms with van der Waals surface area (Å²) in [6.07, 6.45) is 0. The van der Waals surface area contributed by atoms with Gasteiger partial charge in [-0.1, -0.05) is 43.7 Å². The molecule has 0 spiro atoms. The number of sulfone groups is 1. The van der Waals surface area contributed by atoms with Crippen molar-refractivity contribution in [1.29, 1.82) is 0 Å². The van der Waals surface area contributed by atoms with Crippen molar-refractivity contribution in [1.82, 2.24) is 5.32 Å². The molecular weight excluding hydrogens is 274 g/mol. The fraction of sp³-hybridized carbons (Fsp3) is 0.533. The summed E-state index contributed by atoms with van der Waals surface area (Å²) in [5.74, 6) is -0.236. The summed E-state index contributed by atoms with van der Waals surface area (Å²) in [5, 5.41) is 1.64. The van der Waals surface area contributed by atoms with Gasteiger partial charge >= 0.3 is 0 Å². The molecule has 1 aromatic rings. The van der Waals surface area contributed by atoms with Gasteiger partial charge in [-0.05, 0) is 25.3 Å². The van der Waals surface area contributed by atoms with E-state index in [-0.39, 0.29) is 5.75 Å². The minimum atomic E-state index is -3.49. The predicted molar refractivity (Wildman–Crippen MR) is 81.1 cm³/mol. The average molecular weight is 297 g/mol. The number of benzene rings is 1. The number of rotatable bonds is 6. The molecule has 0 saturated heterocycles. The molecule has 1 aromatic carbocycles. The molecule has 1 rings (SSSR count). The Morgan fingerprint density at radius 1 is 1.15 bits per heavy atom. The maximum atomic E-state index is 12.2. The summed E-state index contributed by atoms with van der Waals surface area (Å²) < 4.78 is 24.4. The SMILES string of the molecule is Cc1ccc(CS(=O)(=O)[C@H](C)C(=O)NCC(C)C)cc1. The number of hydrogen-bond donors (Lipinski definition) is 1. The van der Waals surface area contributed by atoms with Crippen molar-refractivity contribution in [2.75, 3.05) is 6.54 Å². The zero-order valence-corrected chi connectivity index (χ0v) is 13.3. The van der Waals surface area contributed by atoms with E-state index in [0.29, 0.717) is 18.0 Å². The number of amides is 1. The van der Waals surface area contributed by atoms with Crippen LogP contribution in [0.2, 0.25) is 0 Å². The highest BCUT2D eigenvalue weighted by Gasteiger charge is 2.27. The lowest BCUT2D eigenvalue weighted by atomic mass is 10.2. The van der Waals surface area contributed by atoms with Gasteiger partial charge in [0.15, 0.2) is 9.84 Å². The maximum Gasteiger partial charge on any atom is 0.238 e. The van der Waals surface area contributed by atoms with E-state index in [2.05, 4.69) is 5.32 Å². The van der Waals surface area contributed by atoms with Crippen LogP contribution in [0.5, 0.6) is 0 Å². The second-order valence-electron chi connectivity index (χ2n) is 5.57. The lowest BCUT2D eigenvalue weighted by Gasteiger charge is -2.14. The summed E-state index contributed by atoms with van der Waals surface area (Å²) in [6, 6.07) is 7.31. The molecule has 0 fully saturated rings. The largest absolute Gasteiger partial charge is 0.355 e. The Labute approximate surface area is 121 Å². The molecular formula is C15H23NO3S. The molecule has 112 valence electrons. The zero-order chi connectivity index (χ0) is 15.3. The second kappa shape index (κ2) is 6.88. The minimum absolute atomic E-state index is 0.108. The molecule has 0 unspecified atom stereocenters. The maximum absolute atomic E-state index is 12.2. The smallest absolute Gasteiger partial charge is 0.238 e. The topological polar surface area (TPSA) is 63.2 Å². The molecule has 5 heteroatoms. The van der Waals surface area contributed by atoms with Gasteiger partial charge in [0.05, 0.1) is 5.75 Å². The van der Waals surface area contributed by atoms with Gasteiger partial charge in [-0.3, -0.25) is 4.79 Å². The fourth-order valence-electron chi connectivity index (χ4n) is 1.65. The van der Waals surface area contributed by atoms with Crippen molar-refractivity contribution < 1.29 is 13.2 Å². The van der Waals surface area contributed by atoms with E-state index in [1.54, 1.807) is 12.1 Å². The van der Waals surface area contributed by atoms with E-state index in [1.807, 2.05) is 32.9 Å². The van der Waals surface area contributed by atoms with Crippen LogP contribution in [-0.2, 0) is 20.4 Å². The van der Waals surface area contributed by atoms with Crippen LogP contribution in [0.1, 0.15) is 31.9 Å². The molecule has 0 radical (unpaired) electrons. The van der Waals surface area contributed by atoms with Gasteiger partial charge in [0.25, 0.3) is 0 Å². The summed E-state index contributed by atoms with van der Waals surface area (Å²) in [4.78, 5) is 11.8. The van der Waals surface area contributed by atoms with E-state index in [9.17, 15) is 13.2 Å². The summed E-state index contributed by atoms with van der Waals surface area (Å²) in [7, 11) is -3.49. The predicted octanol–water partition coefficient (Wildman–Crippen LogP) is 2.07. The third-order valence-electron chi connectivity index (χ3n) is 3.08. The molecule has 4 nitrogen and oxygen atoms in total. The molecule has 0 aromatic heterocycles. The number of nitrogens with one attached hydrogen (secondary N) is 1. The van der Waals surface area contributed by atoms with E-state index in [0.717, 1.165) is 5.56 Å². The first-order valence-electron chi connectivity index (χ1n) is 6.77. The Morgan fingerprint density at radius 3 is 2.20 bits per heavy atom. The molecule has 20 heavy (non-hydrogen) atoms. The normalized spacial score (nSPS) is 13.2. The third kappa shape index (κ3) is 4.96. The Balaban J connectivity index is 2.72. The quantitative estimate of drug-likeness (QED) is 0.874. The van der Waals surface area contributed by atoms with Crippen molar-refractivity contribution >= 4 is 15.7 Å². The summed E-state index contributed by atoms with van der Waals surface area (Å²) in [5.41, 5.74) is 1.79. The molecule has 0 heterocycles. The van der Waals surface area contributed by atoms with Crippen molar-refractivity contribution in [2.24, 2.45) is 5.92 Å². The highest BCUT2D eigenvalue weighted by atomic mass is 32.2. The van der Waals surface area contributed by atoms with E-state index < -0.39 is 21.0 Å². The van der Waals surface area contributed by atoms with Crippen molar-refractivity contribution in [2.45, 2.75) is 38.7 Å². The van der Waals surface area contributed by atoms with Gasteiger partial charge in [0.1, 0.15) is 5.25 Å². The fourth-order valence-corrected chi connectivity index (χ4v) is 2.97. The first-order valence-corrected chi connectivity index (χ1v) is 8.48. The standard InChI is InChI=1S/C15H23NO3S/c1-11(2)9-16-15(17)13(4)20(18,19)10-14-7-5-12(3)6-8-14/h5-8,11,13H,9-10H2,1-4H3,(H,16,17)/t13-/m1/s1. The van der Waals surface area contributed by atoms with Gasteiger partial charge in [0, 0.05) is 6.54 Å². The van der Waals surface area contributed by atoms with Crippen LogP contribution in [0.3, 0.4) is 0 Å². The van der Waals surface area contributed by atoms with Crippen LogP contribution < -0.4 is 5.32 Å². The lowest BCUT2D eigenvalue weighted by molar-refractivity contribution is -0.120. The molecule has 0 aliphatic heterocycles. The molecule has 0 aliphatic carbocycles. The molecule has 1 amide bonds. The highest BCUT2D eigenvalue weighted by molar-refractivity contribution is 7.92.